The largest absolute Gasteiger partial charge is 0.383 e. The average molecular weight is 362 g/mol. The lowest BCUT2D eigenvalue weighted by Gasteiger charge is -2.12. The van der Waals surface area contributed by atoms with Crippen molar-refractivity contribution in [2.45, 2.75) is 19.5 Å². The number of nitrogens with one attached hydrogen (secondary N) is 2. The smallest absolute Gasteiger partial charge is 0.251 e. The minimum Gasteiger partial charge on any atom is -0.383 e. The van der Waals surface area contributed by atoms with E-state index in [1.165, 1.54) is 0 Å². The molecule has 0 aliphatic carbocycles. The zero-order chi connectivity index (χ0) is 18.8. The highest BCUT2D eigenvalue weighted by Crippen LogP contribution is 2.19. The summed E-state index contributed by atoms with van der Waals surface area (Å²) in [5, 5.41) is 4.13. The second-order valence-electron chi connectivity index (χ2n) is 6.61. The van der Waals surface area contributed by atoms with Crippen LogP contribution in [0.2, 0.25) is 0 Å². The van der Waals surface area contributed by atoms with Gasteiger partial charge in [0, 0.05) is 30.9 Å². The summed E-state index contributed by atoms with van der Waals surface area (Å²) in [7, 11) is 1.68. The number of H-pyrrole nitrogens is 1. The number of carbonyl (C=O) groups excluding carboxylic acids is 1. The summed E-state index contributed by atoms with van der Waals surface area (Å²) >= 11 is 0. The van der Waals surface area contributed by atoms with Crippen LogP contribution in [0.25, 0.3) is 21.9 Å². The van der Waals surface area contributed by atoms with Crippen molar-refractivity contribution >= 4 is 27.8 Å². The number of nitrogens with zero attached hydrogens (tertiary/aromatic N) is 2. The van der Waals surface area contributed by atoms with Gasteiger partial charge in [0.05, 0.1) is 23.7 Å². The summed E-state index contributed by atoms with van der Waals surface area (Å²) in [6.07, 6.45) is 2.02. The van der Waals surface area contributed by atoms with E-state index in [2.05, 4.69) is 19.9 Å². The van der Waals surface area contributed by atoms with Crippen LogP contribution in [-0.2, 0) is 11.3 Å². The first kappa shape index (κ1) is 17.3. The number of fused-ring (bicyclic) bond motifs is 2. The fourth-order valence-electron chi connectivity index (χ4n) is 3.24. The molecule has 0 saturated carbocycles. The molecule has 138 valence electrons. The summed E-state index contributed by atoms with van der Waals surface area (Å²) in [6, 6.07) is 15.4. The molecule has 6 nitrogen and oxygen atoms in total. The molecular weight excluding hydrogens is 340 g/mol. The van der Waals surface area contributed by atoms with E-state index in [-0.39, 0.29) is 11.9 Å². The molecule has 27 heavy (non-hydrogen) atoms. The molecule has 1 amide bonds. The van der Waals surface area contributed by atoms with Crippen LogP contribution in [0.4, 0.5) is 0 Å². The molecule has 0 radical (unpaired) electrons. The second-order valence-corrected chi connectivity index (χ2v) is 6.61. The van der Waals surface area contributed by atoms with Gasteiger partial charge in [0.1, 0.15) is 5.82 Å². The Balaban J connectivity index is 1.54. The molecular formula is C21H22N4O2. The van der Waals surface area contributed by atoms with E-state index in [9.17, 15) is 4.79 Å². The van der Waals surface area contributed by atoms with Crippen molar-refractivity contribution in [2.75, 3.05) is 13.7 Å². The molecule has 0 saturated heterocycles. The lowest BCUT2D eigenvalue weighted by Crippen LogP contribution is -2.27. The first-order chi connectivity index (χ1) is 13.2. The maximum atomic E-state index is 12.7. The Kier molecular flexibility index (Phi) is 4.64. The van der Waals surface area contributed by atoms with Crippen molar-refractivity contribution in [3.63, 3.8) is 0 Å². The maximum absolute atomic E-state index is 12.7. The Morgan fingerprint density at radius 1 is 1.26 bits per heavy atom. The van der Waals surface area contributed by atoms with Crippen LogP contribution >= 0.6 is 0 Å². The lowest BCUT2D eigenvalue weighted by molar-refractivity contribution is 0.0938. The number of hydrogen-bond donors (Lipinski definition) is 2. The van der Waals surface area contributed by atoms with Crippen LogP contribution < -0.4 is 5.32 Å². The SMILES string of the molecule is COCCn1ccc2ccc(C(=O)NC(C)c3nc4ccccc4[nH]3)cc21. The zero-order valence-electron chi connectivity index (χ0n) is 15.4. The number of hydrogen-bond acceptors (Lipinski definition) is 3. The van der Waals surface area contributed by atoms with Crippen LogP contribution in [0.1, 0.15) is 29.1 Å². The topological polar surface area (TPSA) is 71.9 Å². The number of carbonyl (C=O) groups is 1. The molecule has 2 aromatic heterocycles. The Morgan fingerprint density at radius 3 is 2.93 bits per heavy atom. The van der Waals surface area contributed by atoms with Crippen LogP contribution in [0.15, 0.2) is 54.7 Å². The summed E-state index contributed by atoms with van der Waals surface area (Å²) < 4.78 is 7.25. The van der Waals surface area contributed by atoms with Crippen molar-refractivity contribution in [1.82, 2.24) is 19.9 Å². The van der Waals surface area contributed by atoms with Gasteiger partial charge in [-0.1, -0.05) is 18.2 Å². The lowest BCUT2D eigenvalue weighted by atomic mass is 10.1. The number of benzene rings is 2. The highest BCUT2D eigenvalue weighted by atomic mass is 16.5. The van der Waals surface area contributed by atoms with Gasteiger partial charge in [-0.2, -0.15) is 0 Å². The minimum absolute atomic E-state index is 0.121. The van der Waals surface area contributed by atoms with Crippen LogP contribution in [0.5, 0.6) is 0 Å². The first-order valence-corrected chi connectivity index (χ1v) is 8.99. The van der Waals surface area contributed by atoms with E-state index < -0.39 is 0 Å². The zero-order valence-corrected chi connectivity index (χ0v) is 15.4. The Morgan fingerprint density at radius 2 is 2.11 bits per heavy atom. The van der Waals surface area contributed by atoms with Gasteiger partial charge in [0.2, 0.25) is 0 Å². The van der Waals surface area contributed by atoms with E-state index in [0.717, 1.165) is 34.3 Å². The number of rotatable bonds is 6. The van der Waals surface area contributed by atoms with E-state index in [0.29, 0.717) is 12.2 Å². The maximum Gasteiger partial charge on any atom is 0.251 e. The van der Waals surface area contributed by atoms with Gasteiger partial charge in [-0.25, -0.2) is 4.98 Å². The molecule has 0 aliphatic heterocycles. The van der Waals surface area contributed by atoms with E-state index in [4.69, 9.17) is 4.74 Å². The molecule has 0 spiro atoms. The van der Waals surface area contributed by atoms with Gasteiger partial charge in [0.15, 0.2) is 0 Å². The molecule has 4 aromatic rings. The van der Waals surface area contributed by atoms with Crippen molar-refractivity contribution in [2.24, 2.45) is 0 Å². The van der Waals surface area contributed by atoms with Crippen LogP contribution in [-0.4, -0.2) is 34.2 Å². The van der Waals surface area contributed by atoms with Crippen molar-refractivity contribution in [3.8, 4) is 0 Å². The molecule has 1 atom stereocenters. The van der Waals surface area contributed by atoms with Gasteiger partial charge in [0.25, 0.3) is 5.91 Å². The summed E-state index contributed by atoms with van der Waals surface area (Å²) in [5.41, 5.74) is 3.51. The Hall–Kier alpha value is -3.12. The number of aromatic amines is 1. The van der Waals surface area contributed by atoms with Crippen molar-refractivity contribution < 1.29 is 9.53 Å². The Labute approximate surface area is 157 Å². The molecule has 2 aromatic carbocycles. The number of para-hydroxylation sites is 2. The number of ether oxygens (including phenoxy) is 1. The predicted molar refractivity (Wildman–Crippen MR) is 106 cm³/mol. The molecule has 1 unspecified atom stereocenters. The number of aromatic nitrogens is 3. The third-order valence-electron chi connectivity index (χ3n) is 4.74. The second kappa shape index (κ2) is 7.25. The van der Waals surface area contributed by atoms with Gasteiger partial charge in [-0.3, -0.25) is 4.79 Å². The molecule has 6 heteroatoms. The molecule has 0 aliphatic rings. The number of methoxy groups -OCH3 is 1. The predicted octanol–water partition coefficient (Wildman–Crippen LogP) is 3.66. The number of imidazole rings is 1. The van der Waals surface area contributed by atoms with E-state index in [1.807, 2.05) is 61.7 Å². The van der Waals surface area contributed by atoms with Gasteiger partial charge >= 0.3 is 0 Å². The fraction of sp³-hybridized carbons (Fsp3) is 0.238. The van der Waals surface area contributed by atoms with E-state index in [1.54, 1.807) is 7.11 Å². The van der Waals surface area contributed by atoms with Crippen LogP contribution in [0, 0.1) is 0 Å². The first-order valence-electron chi connectivity index (χ1n) is 8.99. The van der Waals surface area contributed by atoms with E-state index >= 15 is 0 Å². The Bertz CT molecular complexity index is 1060. The molecule has 0 bridgehead atoms. The fourth-order valence-corrected chi connectivity index (χ4v) is 3.24. The summed E-state index contributed by atoms with van der Waals surface area (Å²) in [6.45, 7) is 3.30. The third kappa shape index (κ3) is 3.44. The van der Waals surface area contributed by atoms with Gasteiger partial charge in [-0.15, -0.1) is 0 Å². The van der Waals surface area contributed by atoms with Crippen LogP contribution in [0.3, 0.4) is 0 Å². The highest BCUT2D eigenvalue weighted by molar-refractivity contribution is 5.98. The summed E-state index contributed by atoms with van der Waals surface area (Å²) in [5.74, 6) is 0.624. The minimum atomic E-state index is -0.221. The van der Waals surface area contributed by atoms with Gasteiger partial charge < -0.3 is 19.6 Å². The highest BCUT2D eigenvalue weighted by Gasteiger charge is 2.15. The van der Waals surface area contributed by atoms with Crippen molar-refractivity contribution in [3.05, 3.63) is 66.1 Å². The summed E-state index contributed by atoms with van der Waals surface area (Å²) in [4.78, 5) is 20.6. The monoisotopic (exact) mass is 362 g/mol. The normalized spacial score (nSPS) is 12.5. The van der Waals surface area contributed by atoms with Gasteiger partial charge in [-0.05, 0) is 42.6 Å². The van der Waals surface area contributed by atoms with Crippen molar-refractivity contribution in [1.29, 1.82) is 0 Å². The quantitative estimate of drug-likeness (QED) is 0.550. The molecule has 2 N–H and O–H groups in total. The molecule has 4 rings (SSSR count). The third-order valence-corrected chi connectivity index (χ3v) is 4.74. The number of amides is 1. The standard InChI is InChI=1S/C21H22N4O2/c1-14(20-23-17-5-3-4-6-18(17)24-20)22-21(26)16-8-7-15-9-10-25(11-12-27-2)19(15)13-16/h3-10,13-14H,11-12H2,1-2H3,(H,22,26)(H,23,24). The molecule has 0 fully saturated rings. The average Bonchev–Trinajstić information content (AvgIpc) is 3.29. The molecule has 2 heterocycles.